The van der Waals surface area contributed by atoms with E-state index in [0.717, 1.165) is 83.3 Å². The van der Waals surface area contributed by atoms with Crippen LogP contribution in [0.3, 0.4) is 0 Å². The predicted octanol–water partition coefficient (Wildman–Crippen LogP) is 10.2. The molecule has 0 bridgehead atoms. The summed E-state index contributed by atoms with van der Waals surface area (Å²) >= 11 is 0. The molecule has 6 nitrogen and oxygen atoms in total. The summed E-state index contributed by atoms with van der Waals surface area (Å²) in [6, 6.07) is 56.1. The summed E-state index contributed by atoms with van der Waals surface area (Å²) in [7, 11) is 0. The molecule has 9 aromatic rings. The first-order chi connectivity index (χ1) is 24.8. The van der Waals surface area contributed by atoms with Gasteiger partial charge >= 0.3 is 0 Å². The minimum absolute atomic E-state index is 0.266. The molecule has 50 heavy (non-hydrogen) atoms. The molecule has 1 aliphatic heterocycles. The van der Waals surface area contributed by atoms with E-state index in [-0.39, 0.29) is 6.17 Å². The van der Waals surface area contributed by atoms with Crippen LogP contribution in [-0.4, -0.2) is 21.2 Å². The van der Waals surface area contributed by atoms with E-state index in [1.54, 1.807) is 0 Å². The normalized spacial score (nSPS) is 14.6. The van der Waals surface area contributed by atoms with Crippen molar-refractivity contribution < 1.29 is 4.42 Å². The van der Waals surface area contributed by atoms with Gasteiger partial charge in [-0.25, -0.2) is 15.0 Å². The van der Waals surface area contributed by atoms with E-state index in [1.165, 1.54) is 0 Å². The van der Waals surface area contributed by atoms with Gasteiger partial charge in [0.25, 0.3) is 0 Å². The average Bonchev–Trinajstić information content (AvgIpc) is 3.74. The fraction of sp³-hybridized carbons (Fsp3) is 0.0227. The summed E-state index contributed by atoms with van der Waals surface area (Å²) in [5.74, 6) is 1.46. The van der Waals surface area contributed by atoms with E-state index in [2.05, 4.69) is 119 Å². The Morgan fingerprint density at radius 3 is 1.98 bits per heavy atom. The van der Waals surface area contributed by atoms with Crippen molar-refractivity contribution in [3.05, 3.63) is 180 Å². The molecular formula is C44H29N5O. The van der Waals surface area contributed by atoms with Crippen LogP contribution in [0.4, 0.5) is 0 Å². The van der Waals surface area contributed by atoms with Crippen molar-refractivity contribution in [3.8, 4) is 16.9 Å². The van der Waals surface area contributed by atoms with Gasteiger partial charge in [-0.3, -0.25) is 4.57 Å². The fourth-order valence-corrected chi connectivity index (χ4v) is 7.13. The third-order valence-electron chi connectivity index (χ3n) is 9.46. The van der Waals surface area contributed by atoms with Crippen molar-refractivity contribution in [2.24, 2.45) is 9.98 Å². The first-order valence-corrected chi connectivity index (χ1v) is 16.7. The molecule has 1 aliphatic rings. The second kappa shape index (κ2) is 11.4. The van der Waals surface area contributed by atoms with Crippen molar-refractivity contribution in [3.63, 3.8) is 0 Å². The van der Waals surface area contributed by atoms with Crippen LogP contribution in [-0.2, 0) is 0 Å². The van der Waals surface area contributed by atoms with Gasteiger partial charge in [-0.2, -0.15) is 0 Å². The highest BCUT2D eigenvalue weighted by atomic mass is 16.3. The Morgan fingerprint density at radius 2 is 1.20 bits per heavy atom. The zero-order valence-corrected chi connectivity index (χ0v) is 26.9. The zero-order valence-electron chi connectivity index (χ0n) is 26.9. The molecule has 0 radical (unpaired) electrons. The zero-order chi connectivity index (χ0) is 33.0. The summed E-state index contributed by atoms with van der Waals surface area (Å²) in [5.41, 5.74) is 9.41. The number of fused-ring (bicyclic) bond motifs is 7. The highest BCUT2D eigenvalue weighted by Gasteiger charge is 2.24. The Kier molecular flexibility index (Phi) is 6.45. The number of aliphatic imine (C=N–C) groups is 2. The summed E-state index contributed by atoms with van der Waals surface area (Å²) in [6.45, 7) is 0. The number of pyridine rings is 1. The van der Waals surface area contributed by atoms with Crippen LogP contribution in [0.2, 0.25) is 0 Å². The molecule has 0 saturated carbocycles. The van der Waals surface area contributed by atoms with E-state index in [1.807, 2.05) is 54.6 Å². The average molecular weight is 644 g/mol. The maximum atomic E-state index is 6.66. The van der Waals surface area contributed by atoms with Gasteiger partial charge in [-0.1, -0.05) is 140 Å². The second-order valence-electron chi connectivity index (χ2n) is 12.5. The molecule has 0 saturated heterocycles. The van der Waals surface area contributed by atoms with Crippen molar-refractivity contribution >= 4 is 55.5 Å². The van der Waals surface area contributed by atoms with Gasteiger partial charge in [0, 0.05) is 43.9 Å². The maximum Gasteiger partial charge on any atom is 0.162 e. The van der Waals surface area contributed by atoms with Crippen LogP contribution < -0.4 is 5.32 Å². The van der Waals surface area contributed by atoms with Crippen LogP contribution in [0.5, 0.6) is 0 Å². The van der Waals surface area contributed by atoms with Crippen LogP contribution in [0.25, 0.3) is 60.8 Å². The predicted molar refractivity (Wildman–Crippen MR) is 203 cm³/mol. The number of rotatable bonds is 5. The molecule has 3 aromatic heterocycles. The topological polar surface area (TPSA) is 67.7 Å². The van der Waals surface area contributed by atoms with E-state index in [9.17, 15) is 0 Å². The molecule has 0 fully saturated rings. The molecule has 6 aromatic carbocycles. The van der Waals surface area contributed by atoms with Gasteiger partial charge in [-0.05, 0) is 29.8 Å². The first kappa shape index (κ1) is 28.2. The Balaban J connectivity index is 1.17. The highest BCUT2D eigenvalue weighted by molar-refractivity contribution is 6.28. The van der Waals surface area contributed by atoms with E-state index in [4.69, 9.17) is 19.4 Å². The SMILES string of the molecule is c1ccc(C2=NC(c3ccc(-c4nc5c(c6ccccc6n5-c5ccccc5)c5c4oc4ccccc45)cc3)=NC(c3ccccc3)N2)cc1. The van der Waals surface area contributed by atoms with Crippen LogP contribution in [0.15, 0.2) is 178 Å². The summed E-state index contributed by atoms with van der Waals surface area (Å²) < 4.78 is 8.92. The van der Waals surface area contributed by atoms with Crippen LogP contribution in [0.1, 0.15) is 22.9 Å². The minimum Gasteiger partial charge on any atom is -0.454 e. The lowest BCUT2D eigenvalue weighted by atomic mass is 10.0. The number of amidine groups is 2. The lowest BCUT2D eigenvalue weighted by Crippen LogP contribution is -2.33. The van der Waals surface area contributed by atoms with Gasteiger partial charge in [0.1, 0.15) is 28.9 Å². The number of nitrogens with zero attached hydrogens (tertiary/aromatic N) is 4. The monoisotopic (exact) mass is 643 g/mol. The Morgan fingerprint density at radius 1 is 0.560 bits per heavy atom. The largest absolute Gasteiger partial charge is 0.454 e. The van der Waals surface area contributed by atoms with Gasteiger partial charge in [0.2, 0.25) is 0 Å². The number of aromatic nitrogens is 2. The standard InChI is InChI=1S/C44H29N5O/c1-4-14-29(15-5-1)41-46-42(30-16-6-2-7-17-30)48-43(47-41)31-26-24-28(25-27-31)39-40-37(34-21-11-13-23-36(34)50-40)38-33-20-10-12-22-35(33)49(44(38)45-39)32-18-8-3-9-19-32/h1-27,41H,(H,46,47,48). The lowest BCUT2D eigenvalue weighted by Gasteiger charge is -2.23. The van der Waals surface area contributed by atoms with E-state index >= 15 is 0 Å². The number of furan rings is 1. The van der Waals surface area contributed by atoms with Gasteiger partial charge in [0.15, 0.2) is 11.4 Å². The number of hydrogen-bond donors (Lipinski definition) is 1. The highest BCUT2D eigenvalue weighted by Crippen LogP contribution is 2.43. The molecule has 236 valence electrons. The molecule has 1 unspecified atom stereocenters. The Bertz CT molecular complexity index is 2760. The smallest absolute Gasteiger partial charge is 0.162 e. The van der Waals surface area contributed by atoms with Gasteiger partial charge in [0.05, 0.1) is 5.52 Å². The van der Waals surface area contributed by atoms with Crippen molar-refractivity contribution in [1.29, 1.82) is 0 Å². The number of para-hydroxylation sites is 3. The molecule has 0 aliphatic carbocycles. The number of nitrogens with one attached hydrogen (secondary N) is 1. The molecule has 0 amide bonds. The number of hydrogen-bond acceptors (Lipinski definition) is 5. The van der Waals surface area contributed by atoms with Crippen molar-refractivity contribution in [1.82, 2.24) is 14.9 Å². The molecule has 10 rings (SSSR count). The fourth-order valence-electron chi connectivity index (χ4n) is 7.13. The summed E-state index contributed by atoms with van der Waals surface area (Å²) in [6.07, 6.45) is -0.266. The quantitative estimate of drug-likeness (QED) is 0.203. The number of benzene rings is 6. The van der Waals surface area contributed by atoms with Crippen LogP contribution >= 0.6 is 0 Å². The van der Waals surface area contributed by atoms with Gasteiger partial charge in [-0.15, -0.1) is 0 Å². The van der Waals surface area contributed by atoms with E-state index in [0.29, 0.717) is 5.84 Å². The summed E-state index contributed by atoms with van der Waals surface area (Å²) in [4.78, 5) is 15.5. The Hall–Kier alpha value is -6.79. The van der Waals surface area contributed by atoms with Crippen molar-refractivity contribution in [2.45, 2.75) is 6.17 Å². The third kappa shape index (κ3) is 4.54. The summed E-state index contributed by atoms with van der Waals surface area (Å²) in [5, 5.41) is 7.91. The first-order valence-electron chi connectivity index (χ1n) is 16.7. The Labute approximate surface area is 287 Å². The third-order valence-corrected chi connectivity index (χ3v) is 9.46. The molecular weight excluding hydrogens is 615 g/mol. The van der Waals surface area contributed by atoms with Crippen molar-refractivity contribution in [2.75, 3.05) is 0 Å². The molecule has 0 spiro atoms. The molecule has 6 heteroatoms. The molecule has 1 atom stereocenters. The molecule has 4 heterocycles. The lowest BCUT2D eigenvalue weighted by molar-refractivity contribution is 0.668. The van der Waals surface area contributed by atoms with Gasteiger partial charge < -0.3 is 9.73 Å². The molecule has 1 N–H and O–H groups in total. The van der Waals surface area contributed by atoms with Crippen LogP contribution in [0, 0.1) is 0 Å². The second-order valence-corrected chi connectivity index (χ2v) is 12.5. The maximum absolute atomic E-state index is 6.66. The van der Waals surface area contributed by atoms with E-state index < -0.39 is 0 Å². The minimum atomic E-state index is -0.266.